The van der Waals surface area contributed by atoms with E-state index in [1.165, 1.54) is 6.92 Å². The van der Waals surface area contributed by atoms with Crippen molar-refractivity contribution >= 4 is 5.97 Å². The van der Waals surface area contributed by atoms with Crippen LogP contribution in [0, 0.1) is 6.92 Å². The third-order valence-electron chi connectivity index (χ3n) is 1.65. The van der Waals surface area contributed by atoms with E-state index in [0.29, 0.717) is 6.20 Å². The fourth-order valence-corrected chi connectivity index (χ4v) is 1.10. The number of carbonyl (C=O) groups is 1. The van der Waals surface area contributed by atoms with Crippen molar-refractivity contribution in [3.05, 3.63) is 29.1 Å². The van der Waals surface area contributed by atoms with Crippen LogP contribution >= 0.6 is 0 Å². The SMILES string of the molecule is Cc1cncc(C(=O)O)c1C(F)(F)F. The Kier molecular flexibility index (Phi) is 2.46. The molecule has 14 heavy (non-hydrogen) atoms. The number of aryl methyl sites for hydroxylation is 1. The first kappa shape index (κ1) is 10.5. The van der Waals surface area contributed by atoms with E-state index < -0.39 is 23.3 Å². The molecule has 0 unspecified atom stereocenters. The largest absolute Gasteiger partial charge is 0.478 e. The molecule has 0 amide bonds. The fourth-order valence-electron chi connectivity index (χ4n) is 1.10. The molecule has 0 bridgehead atoms. The summed E-state index contributed by atoms with van der Waals surface area (Å²) < 4.78 is 37.1. The smallest absolute Gasteiger partial charge is 0.417 e. The molecule has 1 N–H and O–H groups in total. The first-order valence-electron chi connectivity index (χ1n) is 3.59. The monoisotopic (exact) mass is 205 g/mol. The Morgan fingerprint density at radius 3 is 2.36 bits per heavy atom. The molecule has 0 radical (unpaired) electrons. The Balaban J connectivity index is 3.45. The van der Waals surface area contributed by atoms with Gasteiger partial charge in [-0.15, -0.1) is 0 Å². The average molecular weight is 205 g/mol. The van der Waals surface area contributed by atoms with Crippen LogP contribution in [-0.2, 0) is 6.18 Å². The minimum atomic E-state index is -4.67. The van der Waals surface area contributed by atoms with Crippen molar-refractivity contribution in [2.24, 2.45) is 0 Å². The Labute approximate surface area is 77.2 Å². The molecule has 0 aliphatic heterocycles. The predicted octanol–water partition coefficient (Wildman–Crippen LogP) is 2.11. The van der Waals surface area contributed by atoms with E-state index in [9.17, 15) is 18.0 Å². The molecule has 1 rings (SSSR count). The maximum atomic E-state index is 12.4. The minimum absolute atomic E-state index is 0.197. The maximum Gasteiger partial charge on any atom is 0.417 e. The zero-order chi connectivity index (χ0) is 10.9. The molecule has 0 saturated carbocycles. The molecular weight excluding hydrogens is 199 g/mol. The third kappa shape index (κ3) is 1.84. The van der Waals surface area contributed by atoms with Gasteiger partial charge in [0.25, 0.3) is 0 Å². The highest BCUT2D eigenvalue weighted by atomic mass is 19.4. The summed E-state index contributed by atoms with van der Waals surface area (Å²) in [6.07, 6.45) is -2.99. The van der Waals surface area contributed by atoms with E-state index >= 15 is 0 Å². The van der Waals surface area contributed by atoms with Crippen molar-refractivity contribution in [2.75, 3.05) is 0 Å². The van der Waals surface area contributed by atoms with Gasteiger partial charge in [0.1, 0.15) is 0 Å². The molecule has 1 heterocycles. The average Bonchev–Trinajstić information content (AvgIpc) is 2.01. The van der Waals surface area contributed by atoms with Gasteiger partial charge in [0.2, 0.25) is 0 Å². The number of hydrogen-bond donors (Lipinski definition) is 1. The molecule has 1 aromatic rings. The summed E-state index contributed by atoms with van der Waals surface area (Å²) in [7, 11) is 0. The molecule has 0 fully saturated rings. The Morgan fingerprint density at radius 2 is 2.00 bits per heavy atom. The molecule has 0 aliphatic carbocycles. The Hall–Kier alpha value is -1.59. The van der Waals surface area contributed by atoms with E-state index in [1.54, 1.807) is 0 Å². The second-order valence-corrected chi connectivity index (χ2v) is 2.68. The van der Waals surface area contributed by atoms with Crippen LogP contribution in [0.5, 0.6) is 0 Å². The first-order valence-corrected chi connectivity index (χ1v) is 3.59. The highest BCUT2D eigenvalue weighted by Gasteiger charge is 2.37. The molecular formula is C8H6F3NO2. The minimum Gasteiger partial charge on any atom is -0.478 e. The van der Waals surface area contributed by atoms with Gasteiger partial charge in [0, 0.05) is 12.4 Å². The molecule has 0 saturated heterocycles. The fraction of sp³-hybridized carbons (Fsp3) is 0.250. The van der Waals surface area contributed by atoms with Crippen molar-refractivity contribution in [1.82, 2.24) is 4.98 Å². The molecule has 0 aliphatic rings. The molecule has 0 atom stereocenters. The van der Waals surface area contributed by atoms with E-state index in [1.807, 2.05) is 0 Å². The summed E-state index contributed by atoms with van der Waals surface area (Å²) >= 11 is 0. The molecule has 6 heteroatoms. The summed E-state index contributed by atoms with van der Waals surface area (Å²) in [5.41, 5.74) is -2.16. The first-order chi connectivity index (χ1) is 6.34. The topological polar surface area (TPSA) is 50.2 Å². The quantitative estimate of drug-likeness (QED) is 0.763. The molecule has 3 nitrogen and oxygen atoms in total. The van der Waals surface area contributed by atoms with Gasteiger partial charge < -0.3 is 5.11 Å². The number of alkyl halides is 3. The van der Waals surface area contributed by atoms with Crippen LogP contribution in [0.25, 0.3) is 0 Å². The lowest BCUT2D eigenvalue weighted by atomic mass is 10.1. The van der Waals surface area contributed by atoms with Gasteiger partial charge in [0.05, 0.1) is 11.1 Å². The van der Waals surface area contributed by atoms with Crippen molar-refractivity contribution in [3.63, 3.8) is 0 Å². The zero-order valence-electron chi connectivity index (χ0n) is 7.09. The van der Waals surface area contributed by atoms with Crippen molar-refractivity contribution < 1.29 is 23.1 Å². The van der Waals surface area contributed by atoms with Gasteiger partial charge >= 0.3 is 12.1 Å². The van der Waals surface area contributed by atoms with Crippen LogP contribution in [0.3, 0.4) is 0 Å². The van der Waals surface area contributed by atoms with Gasteiger partial charge in [-0.25, -0.2) is 4.79 Å². The highest BCUT2D eigenvalue weighted by Crippen LogP contribution is 2.33. The van der Waals surface area contributed by atoms with Crippen LogP contribution in [-0.4, -0.2) is 16.1 Å². The number of halogens is 3. The van der Waals surface area contributed by atoms with Crippen LogP contribution in [0.15, 0.2) is 12.4 Å². The van der Waals surface area contributed by atoms with Crippen LogP contribution in [0.2, 0.25) is 0 Å². The van der Waals surface area contributed by atoms with Crippen LogP contribution < -0.4 is 0 Å². The molecule has 1 aromatic heterocycles. The number of rotatable bonds is 1. The number of pyridine rings is 1. The molecule has 76 valence electrons. The van der Waals surface area contributed by atoms with Crippen LogP contribution in [0.4, 0.5) is 13.2 Å². The maximum absolute atomic E-state index is 12.4. The number of aromatic carboxylic acids is 1. The van der Waals surface area contributed by atoms with Crippen molar-refractivity contribution in [3.8, 4) is 0 Å². The summed E-state index contributed by atoms with van der Waals surface area (Å²) in [6.45, 7) is 1.17. The summed E-state index contributed by atoms with van der Waals surface area (Å²) in [4.78, 5) is 13.9. The highest BCUT2D eigenvalue weighted by molar-refractivity contribution is 5.89. The number of hydrogen-bond acceptors (Lipinski definition) is 2. The number of nitrogens with zero attached hydrogens (tertiary/aromatic N) is 1. The number of carboxylic acid groups (broad SMARTS) is 1. The van der Waals surface area contributed by atoms with E-state index in [2.05, 4.69) is 4.98 Å². The lowest BCUT2D eigenvalue weighted by Gasteiger charge is -2.11. The molecule has 0 spiro atoms. The second-order valence-electron chi connectivity index (χ2n) is 2.68. The lowest BCUT2D eigenvalue weighted by Crippen LogP contribution is -2.15. The van der Waals surface area contributed by atoms with Crippen molar-refractivity contribution in [2.45, 2.75) is 13.1 Å². The zero-order valence-corrected chi connectivity index (χ0v) is 7.09. The number of aromatic nitrogens is 1. The Bertz CT molecular complexity index is 373. The van der Waals surface area contributed by atoms with Gasteiger partial charge in [-0.3, -0.25) is 4.98 Å². The lowest BCUT2D eigenvalue weighted by molar-refractivity contribution is -0.138. The van der Waals surface area contributed by atoms with E-state index in [-0.39, 0.29) is 5.56 Å². The predicted molar refractivity (Wildman–Crippen MR) is 40.9 cm³/mol. The standard InChI is InChI=1S/C8H6F3NO2/c1-4-2-12-3-5(7(13)14)6(4)8(9,10)11/h2-3H,1H3,(H,13,14). The van der Waals surface area contributed by atoms with Gasteiger partial charge in [-0.05, 0) is 12.5 Å². The summed E-state index contributed by atoms with van der Waals surface area (Å²) in [5.74, 6) is -1.63. The van der Waals surface area contributed by atoms with Crippen molar-refractivity contribution in [1.29, 1.82) is 0 Å². The van der Waals surface area contributed by atoms with E-state index in [0.717, 1.165) is 6.20 Å². The van der Waals surface area contributed by atoms with Gasteiger partial charge in [0.15, 0.2) is 0 Å². The second kappa shape index (κ2) is 3.28. The summed E-state index contributed by atoms with van der Waals surface area (Å²) in [6, 6.07) is 0. The third-order valence-corrected chi connectivity index (χ3v) is 1.65. The summed E-state index contributed by atoms with van der Waals surface area (Å²) in [5, 5.41) is 8.51. The van der Waals surface area contributed by atoms with E-state index in [4.69, 9.17) is 5.11 Å². The van der Waals surface area contributed by atoms with Crippen LogP contribution in [0.1, 0.15) is 21.5 Å². The number of carboxylic acids is 1. The van der Waals surface area contributed by atoms with Gasteiger partial charge in [-0.2, -0.15) is 13.2 Å². The molecule has 0 aromatic carbocycles. The van der Waals surface area contributed by atoms with Gasteiger partial charge in [-0.1, -0.05) is 0 Å². The Morgan fingerprint density at radius 1 is 1.43 bits per heavy atom. The normalized spacial score (nSPS) is 11.4.